The van der Waals surface area contributed by atoms with Crippen molar-refractivity contribution in [3.63, 3.8) is 0 Å². The van der Waals surface area contributed by atoms with Crippen LogP contribution in [0.4, 0.5) is 0 Å². The molecule has 0 radical (unpaired) electrons. The van der Waals surface area contributed by atoms with Crippen molar-refractivity contribution >= 4 is 27.3 Å². The van der Waals surface area contributed by atoms with Crippen molar-refractivity contribution in [2.75, 3.05) is 33.0 Å². The molecule has 26 heavy (non-hydrogen) atoms. The molecule has 8 heteroatoms. The lowest BCUT2D eigenvalue weighted by molar-refractivity contribution is 0.0778. The zero-order valence-corrected chi connectivity index (χ0v) is 16.8. The number of hydrogen-bond acceptors (Lipinski definition) is 5. The zero-order chi connectivity index (χ0) is 19.2. The van der Waals surface area contributed by atoms with Crippen LogP contribution in [0.2, 0.25) is 0 Å². The fourth-order valence-corrected chi connectivity index (χ4v) is 3.76. The van der Waals surface area contributed by atoms with Crippen LogP contribution in [-0.2, 0) is 16.4 Å². The van der Waals surface area contributed by atoms with E-state index in [-0.39, 0.29) is 5.91 Å². The number of nitrogens with zero attached hydrogens (tertiary/aromatic N) is 1. The summed E-state index contributed by atoms with van der Waals surface area (Å²) < 4.78 is 30.3. The van der Waals surface area contributed by atoms with Crippen LogP contribution >= 0.6 is 11.3 Å². The van der Waals surface area contributed by atoms with Gasteiger partial charge in [0.1, 0.15) is 12.4 Å². The Labute approximate surface area is 158 Å². The number of likely N-dealkylation sites (N-methyl/N-ethyl adjacent to an activating group) is 1. The van der Waals surface area contributed by atoms with Crippen LogP contribution < -0.4 is 9.46 Å². The van der Waals surface area contributed by atoms with Crippen molar-refractivity contribution in [1.29, 1.82) is 0 Å². The Hall–Kier alpha value is -1.90. The van der Waals surface area contributed by atoms with E-state index in [0.29, 0.717) is 31.0 Å². The topological polar surface area (TPSA) is 75.7 Å². The van der Waals surface area contributed by atoms with Gasteiger partial charge in [0.15, 0.2) is 0 Å². The molecule has 0 unspecified atom stereocenters. The first-order valence-corrected chi connectivity index (χ1v) is 10.9. The molecule has 0 saturated heterocycles. The minimum Gasteiger partial charge on any atom is -0.492 e. The Morgan fingerprint density at radius 2 is 2.04 bits per heavy atom. The molecule has 1 N–H and O–H groups in total. The van der Waals surface area contributed by atoms with Gasteiger partial charge in [0, 0.05) is 18.5 Å². The van der Waals surface area contributed by atoms with Gasteiger partial charge in [-0.15, -0.1) is 11.3 Å². The van der Waals surface area contributed by atoms with Crippen LogP contribution in [0.3, 0.4) is 0 Å². The highest BCUT2D eigenvalue weighted by Gasteiger charge is 2.14. The third-order valence-electron chi connectivity index (χ3n) is 3.64. The molecule has 6 nitrogen and oxygen atoms in total. The minimum absolute atomic E-state index is 0.0647. The number of hydrogen-bond donors (Lipinski definition) is 1. The van der Waals surface area contributed by atoms with Gasteiger partial charge in [-0.3, -0.25) is 4.79 Å². The SMILES string of the molecule is Cc1cccc(OCCN(C)C(=O)c2ccc(CCNS(C)(=O)=O)s2)c1. The number of aryl methyl sites for hydroxylation is 1. The molecule has 1 aromatic heterocycles. The number of sulfonamides is 1. The van der Waals surface area contributed by atoms with Crippen LogP contribution in [0.1, 0.15) is 20.1 Å². The normalized spacial score (nSPS) is 11.3. The summed E-state index contributed by atoms with van der Waals surface area (Å²) in [5.74, 6) is 0.729. The third kappa shape index (κ3) is 6.78. The Morgan fingerprint density at radius 3 is 2.73 bits per heavy atom. The van der Waals surface area contributed by atoms with Crippen molar-refractivity contribution < 1.29 is 17.9 Å². The molecule has 0 saturated carbocycles. The molecule has 2 rings (SSSR count). The monoisotopic (exact) mass is 396 g/mol. The van der Waals surface area contributed by atoms with Gasteiger partial charge in [-0.2, -0.15) is 0 Å². The maximum Gasteiger partial charge on any atom is 0.263 e. The Morgan fingerprint density at radius 1 is 1.27 bits per heavy atom. The van der Waals surface area contributed by atoms with Crippen LogP contribution in [0.15, 0.2) is 36.4 Å². The molecule has 142 valence electrons. The van der Waals surface area contributed by atoms with E-state index >= 15 is 0 Å². The van der Waals surface area contributed by atoms with Gasteiger partial charge >= 0.3 is 0 Å². The molecule has 1 heterocycles. The maximum atomic E-state index is 12.5. The van der Waals surface area contributed by atoms with E-state index in [1.807, 2.05) is 37.3 Å². The molecule has 2 aromatic rings. The lowest BCUT2D eigenvalue weighted by Crippen LogP contribution is -2.30. The van der Waals surface area contributed by atoms with Crippen molar-refractivity contribution in [2.24, 2.45) is 0 Å². The van der Waals surface area contributed by atoms with Gasteiger partial charge in [0.2, 0.25) is 10.0 Å². The fourth-order valence-electron chi connectivity index (χ4n) is 2.28. The second-order valence-corrected chi connectivity index (χ2v) is 9.08. The Kier molecular flexibility index (Phi) is 7.19. The van der Waals surface area contributed by atoms with E-state index in [1.165, 1.54) is 11.3 Å². The van der Waals surface area contributed by atoms with Crippen molar-refractivity contribution in [3.05, 3.63) is 51.7 Å². The number of nitrogens with one attached hydrogen (secondary N) is 1. The lowest BCUT2D eigenvalue weighted by atomic mass is 10.2. The Bertz CT molecular complexity index is 846. The largest absolute Gasteiger partial charge is 0.492 e. The fraction of sp³-hybridized carbons (Fsp3) is 0.389. The van der Waals surface area contributed by atoms with Crippen LogP contribution in [-0.4, -0.2) is 52.2 Å². The summed E-state index contributed by atoms with van der Waals surface area (Å²) in [5, 5.41) is 0. The Balaban J connectivity index is 1.80. The quantitative estimate of drug-likeness (QED) is 0.706. The van der Waals surface area contributed by atoms with Crippen molar-refractivity contribution in [3.8, 4) is 5.75 Å². The molecule has 0 aliphatic carbocycles. The molecule has 0 aliphatic heterocycles. The standard InChI is InChI=1S/C18H24N2O4S2/c1-14-5-4-6-15(13-14)24-12-11-20(2)18(21)17-8-7-16(25-17)9-10-19-26(3,22)23/h4-8,13,19H,9-12H2,1-3H3. The summed E-state index contributed by atoms with van der Waals surface area (Å²) in [6.07, 6.45) is 1.69. The summed E-state index contributed by atoms with van der Waals surface area (Å²) >= 11 is 1.38. The number of benzene rings is 1. The van der Waals surface area contributed by atoms with Gasteiger partial charge < -0.3 is 9.64 Å². The number of rotatable bonds is 9. The molecule has 0 bridgehead atoms. The summed E-state index contributed by atoms with van der Waals surface area (Å²) in [6.45, 7) is 3.23. The predicted molar refractivity (Wildman–Crippen MR) is 105 cm³/mol. The molecule has 1 amide bonds. The van der Waals surface area contributed by atoms with Gasteiger partial charge in [0.05, 0.1) is 17.7 Å². The van der Waals surface area contributed by atoms with E-state index in [1.54, 1.807) is 18.0 Å². The molecule has 1 aromatic carbocycles. The van der Waals surface area contributed by atoms with E-state index in [4.69, 9.17) is 4.74 Å². The van der Waals surface area contributed by atoms with Gasteiger partial charge in [-0.25, -0.2) is 13.1 Å². The molecule has 0 fully saturated rings. The average molecular weight is 397 g/mol. The smallest absolute Gasteiger partial charge is 0.263 e. The maximum absolute atomic E-state index is 12.5. The van der Waals surface area contributed by atoms with E-state index < -0.39 is 10.0 Å². The summed E-state index contributed by atoms with van der Waals surface area (Å²) in [4.78, 5) is 15.7. The second kappa shape index (κ2) is 9.16. The molecular weight excluding hydrogens is 372 g/mol. The summed E-state index contributed by atoms with van der Waals surface area (Å²) in [7, 11) is -1.45. The van der Waals surface area contributed by atoms with Crippen LogP contribution in [0.5, 0.6) is 5.75 Å². The highest BCUT2D eigenvalue weighted by atomic mass is 32.2. The molecule has 0 spiro atoms. The number of amides is 1. The second-order valence-electron chi connectivity index (χ2n) is 6.07. The molecule has 0 aliphatic rings. The first kappa shape index (κ1) is 20.4. The average Bonchev–Trinajstić information content (AvgIpc) is 3.01. The summed E-state index contributed by atoms with van der Waals surface area (Å²) in [5.41, 5.74) is 1.13. The third-order valence-corrected chi connectivity index (χ3v) is 5.50. The molecule has 0 atom stereocenters. The first-order valence-electron chi connectivity index (χ1n) is 8.23. The molecular formula is C18H24N2O4S2. The zero-order valence-electron chi connectivity index (χ0n) is 15.2. The highest BCUT2D eigenvalue weighted by Crippen LogP contribution is 2.18. The van der Waals surface area contributed by atoms with Gasteiger partial charge in [0.25, 0.3) is 5.91 Å². The van der Waals surface area contributed by atoms with E-state index in [2.05, 4.69) is 4.72 Å². The number of carbonyl (C=O) groups excluding carboxylic acids is 1. The number of thiophene rings is 1. The lowest BCUT2D eigenvalue weighted by Gasteiger charge is -2.16. The van der Waals surface area contributed by atoms with Gasteiger partial charge in [-0.1, -0.05) is 12.1 Å². The summed E-state index contributed by atoms with van der Waals surface area (Å²) in [6, 6.07) is 11.4. The van der Waals surface area contributed by atoms with Crippen LogP contribution in [0, 0.1) is 6.92 Å². The highest BCUT2D eigenvalue weighted by molar-refractivity contribution is 7.88. The van der Waals surface area contributed by atoms with Gasteiger partial charge in [-0.05, 0) is 43.2 Å². The number of ether oxygens (including phenoxy) is 1. The number of carbonyl (C=O) groups is 1. The van der Waals surface area contributed by atoms with E-state index in [9.17, 15) is 13.2 Å². The van der Waals surface area contributed by atoms with Crippen molar-refractivity contribution in [2.45, 2.75) is 13.3 Å². The van der Waals surface area contributed by atoms with Crippen molar-refractivity contribution in [1.82, 2.24) is 9.62 Å². The predicted octanol–water partition coefficient (Wildman–Crippen LogP) is 2.30. The minimum atomic E-state index is -3.19. The van der Waals surface area contributed by atoms with Crippen LogP contribution in [0.25, 0.3) is 0 Å². The first-order chi connectivity index (χ1) is 12.2. The van der Waals surface area contributed by atoms with E-state index in [0.717, 1.165) is 22.4 Å².